The normalized spacial score (nSPS) is 11.4. The molecule has 186 valence electrons. The van der Waals surface area contributed by atoms with E-state index in [0.29, 0.717) is 17.8 Å². The Morgan fingerprint density at radius 1 is 1.11 bits per heavy atom. The Kier molecular flexibility index (Phi) is 8.11. The van der Waals surface area contributed by atoms with Crippen LogP contribution in [0.5, 0.6) is 11.5 Å². The van der Waals surface area contributed by atoms with Crippen LogP contribution in [0.15, 0.2) is 65.7 Å². The lowest BCUT2D eigenvalue weighted by Gasteiger charge is -2.12. The average molecular weight is 544 g/mol. The molecule has 0 aliphatic heterocycles. The van der Waals surface area contributed by atoms with E-state index in [1.54, 1.807) is 24.4 Å². The summed E-state index contributed by atoms with van der Waals surface area (Å²) in [5, 5.41) is 0.0696. The number of nitrogens with zero attached hydrogens (tertiary/aromatic N) is 2. The molecule has 0 unspecified atom stereocenters. The number of rotatable bonds is 8. The summed E-state index contributed by atoms with van der Waals surface area (Å²) in [4.78, 5) is 7.32. The lowest BCUT2D eigenvalue weighted by atomic mass is 10.3. The topological polar surface area (TPSA) is 71.5 Å². The molecule has 4 rings (SSSR count). The van der Waals surface area contributed by atoms with E-state index in [4.69, 9.17) is 16.3 Å². The molecule has 10 heteroatoms. The molecule has 0 aliphatic carbocycles. The van der Waals surface area contributed by atoms with Crippen molar-refractivity contribution in [1.29, 1.82) is 0 Å². The second-order valence-electron chi connectivity index (χ2n) is 7.68. The summed E-state index contributed by atoms with van der Waals surface area (Å²) < 4.78 is 49.1. The Bertz CT molecular complexity index is 1560. The third-order valence-electron chi connectivity index (χ3n) is 5.31. The molecule has 36 heavy (non-hydrogen) atoms. The SMILES string of the molecule is CCN(CC)CC#Cc1cc2nccc(Oc3ccc(NS(=O)(=O)c4ccccc4Cl)cc3F)c2s1. The average Bonchev–Trinajstić information content (AvgIpc) is 3.27. The summed E-state index contributed by atoms with van der Waals surface area (Å²) in [6.07, 6.45) is 1.58. The molecule has 0 bridgehead atoms. The van der Waals surface area contributed by atoms with Crippen LogP contribution in [0.2, 0.25) is 5.02 Å². The molecule has 2 aromatic heterocycles. The number of thiophene rings is 1. The van der Waals surface area contributed by atoms with Crippen LogP contribution < -0.4 is 9.46 Å². The smallest absolute Gasteiger partial charge is 0.263 e. The van der Waals surface area contributed by atoms with Crippen LogP contribution in [0.25, 0.3) is 10.2 Å². The first-order valence-electron chi connectivity index (χ1n) is 11.1. The van der Waals surface area contributed by atoms with Crippen molar-refractivity contribution in [3.63, 3.8) is 0 Å². The van der Waals surface area contributed by atoms with E-state index < -0.39 is 15.8 Å². The van der Waals surface area contributed by atoms with E-state index in [1.165, 1.54) is 35.6 Å². The van der Waals surface area contributed by atoms with Gasteiger partial charge in [0.15, 0.2) is 11.6 Å². The molecule has 0 radical (unpaired) electrons. The highest BCUT2D eigenvalue weighted by atomic mass is 35.5. The second-order valence-corrected chi connectivity index (χ2v) is 10.8. The van der Waals surface area contributed by atoms with E-state index in [0.717, 1.165) is 28.7 Å². The van der Waals surface area contributed by atoms with Gasteiger partial charge in [-0.15, -0.1) is 11.3 Å². The number of benzene rings is 2. The fraction of sp³-hybridized carbons (Fsp3) is 0.192. The molecule has 4 aromatic rings. The van der Waals surface area contributed by atoms with Gasteiger partial charge in [0.2, 0.25) is 0 Å². The zero-order valence-electron chi connectivity index (χ0n) is 19.6. The second kappa shape index (κ2) is 11.3. The molecule has 0 spiro atoms. The molecule has 0 aliphatic rings. The number of halogens is 2. The molecule has 0 saturated carbocycles. The van der Waals surface area contributed by atoms with Gasteiger partial charge in [-0.1, -0.05) is 49.4 Å². The molecule has 0 atom stereocenters. The number of anilines is 1. The first-order valence-corrected chi connectivity index (χ1v) is 13.8. The summed E-state index contributed by atoms with van der Waals surface area (Å²) in [5.41, 5.74) is 0.746. The van der Waals surface area contributed by atoms with Gasteiger partial charge < -0.3 is 4.74 Å². The fourth-order valence-corrected chi connectivity index (χ4v) is 5.89. The molecule has 2 heterocycles. The monoisotopic (exact) mass is 543 g/mol. The molecule has 0 amide bonds. The number of hydrogen-bond acceptors (Lipinski definition) is 6. The van der Waals surface area contributed by atoms with Crippen LogP contribution in [0, 0.1) is 17.7 Å². The van der Waals surface area contributed by atoms with Crippen molar-refractivity contribution in [2.24, 2.45) is 0 Å². The Labute approximate surface area is 218 Å². The predicted molar refractivity (Wildman–Crippen MR) is 143 cm³/mol. The maximum atomic E-state index is 14.9. The minimum Gasteiger partial charge on any atom is -0.453 e. The first kappa shape index (κ1) is 25.9. The zero-order chi connectivity index (χ0) is 25.7. The molecule has 6 nitrogen and oxygen atoms in total. The maximum absolute atomic E-state index is 14.9. The highest BCUT2D eigenvalue weighted by Crippen LogP contribution is 2.36. The van der Waals surface area contributed by atoms with Gasteiger partial charge in [0.05, 0.1) is 32.3 Å². The van der Waals surface area contributed by atoms with Crippen molar-refractivity contribution in [1.82, 2.24) is 9.88 Å². The first-order chi connectivity index (χ1) is 17.3. The molecular formula is C26H23ClFN3O3S2. The van der Waals surface area contributed by atoms with Crippen molar-refractivity contribution in [3.8, 4) is 23.3 Å². The standard InChI is InChI=1S/C26H23ClFN3O3S2/c1-3-31(4-2)15-7-8-19-17-22-26(35-19)24(13-14-29-22)34-23-12-11-18(16-21(23)28)30-36(32,33)25-10-6-5-9-20(25)27/h5-6,9-14,16-17,30H,3-4,15H2,1-2H3. The lowest BCUT2D eigenvalue weighted by Crippen LogP contribution is -2.22. The van der Waals surface area contributed by atoms with Gasteiger partial charge >= 0.3 is 0 Å². The quantitative estimate of drug-likeness (QED) is 0.261. The summed E-state index contributed by atoms with van der Waals surface area (Å²) >= 11 is 7.42. The van der Waals surface area contributed by atoms with Crippen LogP contribution in [0.1, 0.15) is 18.7 Å². The number of sulfonamides is 1. The Hall–Kier alpha value is -3.16. The molecule has 1 N–H and O–H groups in total. The van der Waals surface area contributed by atoms with Crippen molar-refractivity contribution in [2.75, 3.05) is 24.4 Å². The summed E-state index contributed by atoms with van der Waals surface area (Å²) in [5.74, 6) is 6.00. The Balaban J connectivity index is 1.54. The largest absolute Gasteiger partial charge is 0.453 e. The molecule has 0 fully saturated rings. The van der Waals surface area contributed by atoms with E-state index in [9.17, 15) is 12.8 Å². The van der Waals surface area contributed by atoms with Gasteiger partial charge in [0.25, 0.3) is 10.0 Å². The summed E-state index contributed by atoms with van der Waals surface area (Å²) in [6, 6.07) is 13.4. The van der Waals surface area contributed by atoms with Crippen molar-refractivity contribution in [2.45, 2.75) is 18.7 Å². The summed E-state index contributed by atoms with van der Waals surface area (Å²) in [6.45, 7) is 6.73. The lowest BCUT2D eigenvalue weighted by molar-refractivity contribution is 0.342. The van der Waals surface area contributed by atoms with Crippen LogP contribution in [0.4, 0.5) is 10.1 Å². The maximum Gasteiger partial charge on any atom is 0.263 e. The molecule has 0 saturated heterocycles. The van der Waals surface area contributed by atoms with Gasteiger partial charge in [0.1, 0.15) is 10.6 Å². The van der Waals surface area contributed by atoms with Gasteiger partial charge in [-0.3, -0.25) is 14.6 Å². The third-order valence-corrected chi connectivity index (χ3v) is 8.25. The number of nitrogens with one attached hydrogen (secondary N) is 1. The minimum absolute atomic E-state index is 0.0431. The van der Waals surface area contributed by atoms with Crippen LogP contribution in [-0.2, 0) is 10.0 Å². The number of ether oxygens (including phenoxy) is 1. The molecule has 2 aromatic carbocycles. The highest BCUT2D eigenvalue weighted by molar-refractivity contribution is 7.92. The van der Waals surface area contributed by atoms with E-state index in [-0.39, 0.29) is 21.4 Å². The van der Waals surface area contributed by atoms with Crippen molar-refractivity contribution in [3.05, 3.63) is 76.5 Å². The number of aromatic nitrogens is 1. The van der Waals surface area contributed by atoms with Crippen molar-refractivity contribution >= 4 is 48.9 Å². The summed E-state index contributed by atoms with van der Waals surface area (Å²) in [7, 11) is -3.99. The Morgan fingerprint density at radius 3 is 2.61 bits per heavy atom. The van der Waals surface area contributed by atoms with Gasteiger partial charge in [0, 0.05) is 18.3 Å². The minimum atomic E-state index is -3.99. The zero-order valence-corrected chi connectivity index (χ0v) is 22.0. The predicted octanol–water partition coefficient (Wildman–Crippen LogP) is 6.38. The van der Waals surface area contributed by atoms with Gasteiger partial charge in [-0.05, 0) is 43.4 Å². The number of hydrogen-bond donors (Lipinski definition) is 1. The van der Waals surface area contributed by atoms with Crippen molar-refractivity contribution < 1.29 is 17.5 Å². The van der Waals surface area contributed by atoms with E-state index in [1.807, 2.05) is 6.07 Å². The highest BCUT2D eigenvalue weighted by Gasteiger charge is 2.19. The molecular weight excluding hydrogens is 521 g/mol. The van der Waals surface area contributed by atoms with Crippen LogP contribution in [-0.4, -0.2) is 37.9 Å². The number of fused-ring (bicyclic) bond motifs is 1. The van der Waals surface area contributed by atoms with Crippen LogP contribution >= 0.6 is 22.9 Å². The van der Waals surface area contributed by atoms with Gasteiger partial charge in [-0.25, -0.2) is 12.8 Å². The Morgan fingerprint density at radius 2 is 1.89 bits per heavy atom. The van der Waals surface area contributed by atoms with E-state index in [2.05, 4.69) is 40.3 Å². The van der Waals surface area contributed by atoms with Crippen LogP contribution in [0.3, 0.4) is 0 Å². The fourth-order valence-electron chi connectivity index (χ4n) is 3.38. The van der Waals surface area contributed by atoms with E-state index >= 15 is 0 Å². The van der Waals surface area contributed by atoms with Gasteiger partial charge in [-0.2, -0.15) is 0 Å². The number of pyridine rings is 1. The third kappa shape index (κ3) is 5.97.